The van der Waals surface area contributed by atoms with Crippen molar-refractivity contribution in [1.29, 1.82) is 0 Å². The van der Waals surface area contributed by atoms with E-state index in [0.717, 1.165) is 62.0 Å². The first-order valence-corrected chi connectivity index (χ1v) is 14.3. The van der Waals surface area contributed by atoms with E-state index in [1.54, 1.807) is 11.2 Å². The Kier molecular flexibility index (Phi) is 7.34. The molecule has 5 rings (SSSR count). The van der Waals surface area contributed by atoms with Gasteiger partial charge in [0.15, 0.2) is 0 Å². The number of benzene rings is 2. The molecule has 3 aromatic rings. The van der Waals surface area contributed by atoms with Crippen molar-refractivity contribution in [2.24, 2.45) is 0 Å². The largest absolute Gasteiger partial charge is 0.382 e. The standard InChI is InChI=1S/C27H35N5O2S/c1-2-35(33,34)32-12-7-25(8-13-32)30-27-18-24(17-23-6-9-29-19-26(23)27)22-5-3-4-21(16-22)20-31-14-10-28-11-15-31/h3-6,9,16-19,25,28,30H,2,7-8,10-15,20H2,1H3. The number of sulfonamides is 1. The predicted molar refractivity (Wildman–Crippen MR) is 143 cm³/mol. The fourth-order valence-electron chi connectivity index (χ4n) is 5.14. The summed E-state index contributed by atoms with van der Waals surface area (Å²) in [6, 6.07) is 15.6. The van der Waals surface area contributed by atoms with Crippen LogP contribution in [0.1, 0.15) is 25.3 Å². The second-order valence-corrected chi connectivity index (χ2v) is 11.8. The average Bonchev–Trinajstić information content (AvgIpc) is 2.90. The third-order valence-electron chi connectivity index (χ3n) is 7.20. The van der Waals surface area contributed by atoms with Crippen LogP contribution >= 0.6 is 0 Å². The third-order valence-corrected chi connectivity index (χ3v) is 9.09. The summed E-state index contributed by atoms with van der Waals surface area (Å²) in [5, 5.41) is 9.39. The lowest BCUT2D eigenvalue weighted by molar-refractivity contribution is 0.233. The molecule has 2 aromatic carbocycles. The number of piperidine rings is 1. The Morgan fingerprint density at radius 1 is 1.03 bits per heavy atom. The summed E-state index contributed by atoms with van der Waals surface area (Å²) >= 11 is 0. The minimum absolute atomic E-state index is 0.164. The summed E-state index contributed by atoms with van der Waals surface area (Å²) in [6.07, 6.45) is 5.35. The molecule has 0 radical (unpaired) electrons. The monoisotopic (exact) mass is 493 g/mol. The maximum Gasteiger partial charge on any atom is 0.213 e. The van der Waals surface area contributed by atoms with E-state index in [2.05, 4.69) is 63.0 Å². The number of fused-ring (bicyclic) bond motifs is 1. The van der Waals surface area contributed by atoms with E-state index in [4.69, 9.17) is 0 Å². The number of hydrogen-bond acceptors (Lipinski definition) is 6. The Balaban J connectivity index is 1.38. The predicted octanol–water partition coefficient (Wildman–Crippen LogP) is 3.53. The Labute approximate surface area is 208 Å². The number of hydrogen-bond donors (Lipinski definition) is 2. The van der Waals surface area contributed by atoms with E-state index in [1.807, 2.05) is 12.4 Å². The number of anilines is 1. The van der Waals surface area contributed by atoms with E-state index >= 15 is 0 Å². The third kappa shape index (κ3) is 5.67. The summed E-state index contributed by atoms with van der Waals surface area (Å²) in [7, 11) is -3.12. The highest BCUT2D eigenvalue weighted by Gasteiger charge is 2.27. The zero-order valence-corrected chi connectivity index (χ0v) is 21.2. The van der Waals surface area contributed by atoms with Crippen molar-refractivity contribution in [2.75, 3.05) is 50.3 Å². The quantitative estimate of drug-likeness (QED) is 0.524. The zero-order valence-electron chi connectivity index (χ0n) is 20.4. The van der Waals surface area contributed by atoms with Gasteiger partial charge in [0.2, 0.25) is 10.0 Å². The highest BCUT2D eigenvalue weighted by atomic mass is 32.2. The lowest BCUT2D eigenvalue weighted by Crippen LogP contribution is -2.42. The fraction of sp³-hybridized carbons (Fsp3) is 0.444. The molecule has 8 heteroatoms. The number of nitrogens with zero attached hydrogens (tertiary/aromatic N) is 3. The molecule has 35 heavy (non-hydrogen) atoms. The molecular weight excluding hydrogens is 458 g/mol. The van der Waals surface area contributed by atoms with Gasteiger partial charge >= 0.3 is 0 Å². The summed E-state index contributed by atoms with van der Waals surface area (Å²) in [6.45, 7) is 8.09. The lowest BCUT2D eigenvalue weighted by Gasteiger charge is -2.32. The highest BCUT2D eigenvalue weighted by Crippen LogP contribution is 2.32. The molecule has 3 heterocycles. The molecule has 186 valence electrons. The molecule has 7 nitrogen and oxygen atoms in total. The fourth-order valence-corrected chi connectivity index (χ4v) is 6.27. The van der Waals surface area contributed by atoms with Crippen LogP contribution in [0.3, 0.4) is 0 Å². The number of nitrogens with one attached hydrogen (secondary N) is 2. The highest BCUT2D eigenvalue weighted by molar-refractivity contribution is 7.89. The maximum atomic E-state index is 12.2. The van der Waals surface area contributed by atoms with Gasteiger partial charge in [-0.25, -0.2) is 12.7 Å². The molecule has 2 fully saturated rings. The minimum Gasteiger partial charge on any atom is -0.382 e. The Bertz CT molecular complexity index is 1270. The Hall–Kier alpha value is -2.52. The van der Waals surface area contributed by atoms with Crippen LogP contribution in [0, 0.1) is 0 Å². The zero-order chi connectivity index (χ0) is 24.3. The van der Waals surface area contributed by atoms with Crippen LogP contribution in [-0.2, 0) is 16.6 Å². The molecule has 2 aliphatic heterocycles. The van der Waals surface area contributed by atoms with Crippen molar-refractivity contribution < 1.29 is 8.42 Å². The van der Waals surface area contributed by atoms with Crippen molar-refractivity contribution in [3.05, 3.63) is 60.4 Å². The summed E-state index contributed by atoms with van der Waals surface area (Å²) in [5.74, 6) is 0.164. The van der Waals surface area contributed by atoms with Crippen LogP contribution < -0.4 is 10.6 Å². The molecule has 0 bridgehead atoms. The normalized spacial score (nSPS) is 18.7. The molecule has 0 amide bonds. The smallest absolute Gasteiger partial charge is 0.213 e. The van der Waals surface area contributed by atoms with Crippen molar-refractivity contribution in [3.8, 4) is 11.1 Å². The molecule has 0 unspecified atom stereocenters. The number of piperazine rings is 1. The Morgan fingerprint density at radius 3 is 2.60 bits per heavy atom. The van der Waals surface area contributed by atoms with E-state index in [1.165, 1.54) is 16.7 Å². The van der Waals surface area contributed by atoms with Crippen molar-refractivity contribution in [1.82, 2.24) is 19.5 Å². The number of rotatable bonds is 7. The van der Waals surface area contributed by atoms with Gasteiger partial charge < -0.3 is 10.6 Å². The summed E-state index contributed by atoms with van der Waals surface area (Å²) in [5.41, 5.74) is 4.79. The molecule has 0 spiro atoms. The first kappa shape index (κ1) is 24.2. The van der Waals surface area contributed by atoms with Crippen molar-refractivity contribution in [3.63, 3.8) is 0 Å². The summed E-state index contributed by atoms with van der Waals surface area (Å²) < 4.78 is 26.1. The summed E-state index contributed by atoms with van der Waals surface area (Å²) in [4.78, 5) is 6.87. The van der Waals surface area contributed by atoms with Gasteiger partial charge in [0.1, 0.15) is 0 Å². The van der Waals surface area contributed by atoms with Gasteiger partial charge in [0.05, 0.1) is 5.75 Å². The second kappa shape index (κ2) is 10.6. The van der Waals surface area contributed by atoms with Gasteiger partial charge in [-0.1, -0.05) is 18.2 Å². The van der Waals surface area contributed by atoms with Gasteiger partial charge in [0, 0.05) is 75.3 Å². The molecule has 2 aliphatic rings. The second-order valence-electron chi connectivity index (χ2n) is 9.57. The minimum atomic E-state index is -3.12. The maximum absolute atomic E-state index is 12.2. The average molecular weight is 494 g/mol. The first-order valence-electron chi connectivity index (χ1n) is 12.7. The Morgan fingerprint density at radius 2 is 1.83 bits per heavy atom. The van der Waals surface area contributed by atoms with Gasteiger partial charge in [-0.05, 0) is 66.1 Å². The van der Waals surface area contributed by atoms with Crippen LogP contribution in [0.15, 0.2) is 54.9 Å². The van der Waals surface area contributed by atoms with Crippen LogP contribution in [0.5, 0.6) is 0 Å². The van der Waals surface area contributed by atoms with Crippen LogP contribution in [-0.4, -0.2) is 73.7 Å². The molecular formula is C27H35N5O2S. The van der Waals surface area contributed by atoms with Gasteiger partial charge in [-0.3, -0.25) is 9.88 Å². The molecule has 0 atom stereocenters. The van der Waals surface area contributed by atoms with Gasteiger partial charge in [-0.15, -0.1) is 0 Å². The van der Waals surface area contributed by atoms with Gasteiger partial charge in [0.25, 0.3) is 0 Å². The van der Waals surface area contributed by atoms with E-state index in [9.17, 15) is 8.42 Å². The van der Waals surface area contributed by atoms with E-state index in [0.29, 0.717) is 13.1 Å². The number of pyridine rings is 1. The topological polar surface area (TPSA) is 77.6 Å². The van der Waals surface area contributed by atoms with Gasteiger partial charge in [-0.2, -0.15) is 0 Å². The molecule has 0 aliphatic carbocycles. The number of aromatic nitrogens is 1. The van der Waals surface area contributed by atoms with Crippen molar-refractivity contribution in [2.45, 2.75) is 32.4 Å². The lowest BCUT2D eigenvalue weighted by atomic mass is 9.98. The molecule has 1 aromatic heterocycles. The van der Waals surface area contributed by atoms with E-state index < -0.39 is 10.0 Å². The van der Waals surface area contributed by atoms with E-state index in [-0.39, 0.29) is 11.8 Å². The van der Waals surface area contributed by atoms with Crippen LogP contribution in [0.2, 0.25) is 0 Å². The van der Waals surface area contributed by atoms with Crippen LogP contribution in [0.4, 0.5) is 5.69 Å². The first-order chi connectivity index (χ1) is 17.0. The van der Waals surface area contributed by atoms with Crippen molar-refractivity contribution >= 4 is 26.5 Å². The molecule has 2 N–H and O–H groups in total. The SMILES string of the molecule is CCS(=O)(=O)N1CCC(Nc2cc(-c3cccc(CN4CCNCC4)c3)cc3ccncc23)CC1. The molecule has 0 saturated carbocycles. The van der Waals surface area contributed by atoms with Crippen LogP contribution in [0.25, 0.3) is 21.9 Å². The molecule has 2 saturated heterocycles.